The molecule has 2 nitrogen and oxygen atoms in total. The maximum atomic E-state index is 5.98. The normalized spacial score (nSPS) is 23.5. The van der Waals surface area contributed by atoms with E-state index in [1.165, 1.54) is 29.5 Å². The summed E-state index contributed by atoms with van der Waals surface area (Å²) in [5.74, 6) is 0.622. The van der Waals surface area contributed by atoms with Crippen molar-refractivity contribution in [1.82, 2.24) is 5.32 Å². The first-order valence-electron chi connectivity index (χ1n) is 7.12. The zero-order valence-electron chi connectivity index (χ0n) is 11.8. The Morgan fingerprint density at radius 3 is 2.94 bits per heavy atom. The number of benzene rings is 1. The van der Waals surface area contributed by atoms with Gasteiger partial charge in [0.2, 0.25) is 0 Å². The molecule has 18 heavy (non-hydrogen) atoms. The van der Waals surface area contributed by atoms with Crippen molar-refractivity contribution in [2.24, 2.45) is 5.92 Å². The molecule has 1 fully saturated rings. The molecule has 100 valence electrons. The first-order chi connectivity index (χ1) is 8.72. The Morgan fingerprint density at radius 1 is 1.33 bits per heavy atom. The summed E-state index contributed by atoms with van der Waals surface area (Å²) < 4.78 is 5.98. The van der Waals surface area contributed by atoms with Crippen LogP contribution in [-0.2, 0) is 4.74 Å². The Kier molecular flexibility index (Phi) is 4.79. The molecule has 0 aromatic heterocycles. The van der Waals surface area contributed by atoms with Gasteiger partial charge in [0, 0.05) is 19.1 Å². The van der Waals surface area contributed by atoms with Crippen LogP contribution in [0.1, 0.15) is 42.6 Å². The van der Waals surface area contributed by atoms with Crippen molar-refractivity contribution in [1.29, 1.82) is 0 Å². The molecule has 0 spiro atoms. The van der Waals surface area contributed by atoms with E-state index >= 15 is 0 Å². The first kappa shape index (κ1) is 13.6. The first-order valence-corrected chi connectivity index (χ1v) is 7.12. The SMILES string of the molecule is CCCNCC1CCOC1c1cc(C)ccc1C. The molecular formula is C16H25NO. The van der Waals surface area contributed by atoms with Gasteiger partial charge < -0.3 is 10.1 Å². The summed E-state index contributed by atoms with van der Waals surface area (Å²) in [5.41, 5.74) is 4.06. The second-order valence-corrected chi connectivity index (χ2v) is 5.40. The van der Waals surface area contributed by atoms with E-state index in [9.17, 15) is 0 Å². The van der Waals surface area contributed by atoms with Gasteiger partial charge in [0.15, 0.2) is 0 Å². The van der Waals surface area contributed by atoms with Gasteiger partial charge in [-0.2, -0.15) is 0 Å². The zero-order chi connectivity index (χ0) is 13.0. The van der Waals surface area contributed by atoms with Gasteiger partial charge in [0.1, 0.15) is 0 Å². The van der Waals surface area contributed by atoms with Gasteiger partial charge >= 0.3 is 0 Å². The molecule has 2 rings (SSSR count). The molecule has 2 heteroatoms. The minimum Gasteiger partial charge on any atom is -0.373 e. The minimum atomic E-state index is 0.286. The van der Waals surface area contributed by atoms with Crippen LogP contribution in [0.5, 0.6) is 0 Å². The van der Waals surface area contributed by atoms with E-state index in [1.807, 2.05) is 0 Å². The van der Waals surface area contributed by atoms with Crippen LogP contribution >= 0.6 is 0 Å². The monoisotopic (exact) mass is 247 g/mol. The summed E-state index contributed by atoms with van der Waals surface area (Å²) in [6.45, 7) is 9.63. The van der Waals surface area contributed by atoms with E-state index in [-0.39, 0.29) is 6.10 Å². The molecule has 2 unspecified atom stereocenters. The maximum Gasteiger partial charge on any atom is 0.0868 e. The number of ether oxygens (including phenoxy) is 1. The lowest BCUT2D eigenvalue weighted by Gasteiger charge is -2.21. The van der Waals surface area contributed by atoms with Crippen molar-refractivity contribution in [3.05, 3.63) is 34.9 Å². The maximum absolute atomic E-state index is 5.98. The van der Waals surface area contributed by atoms with Crippen LogP contribution in [0, 0.1) is 19.8 Å². The van der Waals surface area contributed by atoms with E-state index in [2.05, 4.69) is 44.3 Å². The number of hydrogen-bond acceptors (Lipinski definition) is 2. The molecule has 0 radical (unpaired) electrons. The molecule has 0 bridgehead atoms. The predicted molar refractivity (Wildman–Crippen MR) is 75.9 cm³/mol. The summed E-state index contributed by atoms with van der Waals surface area (Å²) in [7, 11) is 0. The zero-order valence-corrected chi connectivity index (χ0v) is 11.8. The lowest BCUT2D eigenvalue weighted by molar-refractivity contribution is 0.0900. The Labute approximate surface area is 111 Å². The fraction of sp³-hybridized carbons (Fsp3) is 0.625. The standard InChI is InChI=1S/C16H25NO/c1-4-8-17-11-14-7-9-18-16(14)15-10-12(2)5-6-13(15)3/h5-6,10,14,16-17H,4,7-9,11H2,1-3H3. The lowest BCUT2D eigenvalue weighted by atomic mass is 9.91. The highest BCUT2D eigenvalue weighted by atomic mass is 16.5. The summed E-state index contributed by atoms with van der Waals surface area (Å²) in [6.07, 6.45) is 2.66. The quantitative estimate of drug-likeness (QED) is 0.805. The molecule has 1 heterocycles. The second-order valence-electron chi connectivity index (χ2n) is 5.40. The van der Waals surface area contributed by atoms with Crippen molar-refractivity contribution in [3.63, 3.8) is 0 Å². The molecule has 1 aromatic rings. The topological polar surface area (TPSA) is 21.3 Å². The highest BCUT2D eigenvalue weighted by molar-refractivity contribution is 5.33. The Balaban J connectivity index is 2.08. The van der Waals surface area contributed by atoms with Crippen molar-refractivity contribution in [2.75, 3.05) is 19.7 Å². The van der Waals surface area contributed by atoms with Crippen molar-refractivity contribution >= 4 is 0 Å². The van der Waals surface area contributed by atoms with Crippen LogP contribution in [-0.4, -0.2) is 19.7 Å². The van der Waals surface area contributed by atoms with Crippen LogP contribution < -0.4 is 5.32 Å². The predicted octanol–water partition coefficient (Wildman–Crippen LogP) is 3.38. The number of rotatable bonds is 5. The van der Waals surface area contributed by atoms with Crippen LogP contribution in [0.3, 0.4) is 0 Å². The molecule has 1 aliphatic rings. The van der Waals surface area contributed by atoms with Crippen molar-refractivity contribution in [3.8, 4) is 0 Å². The molecule has 1 saturated heterocycles. The molecular weight excluding hydrogens is 222 g/mol. The molecule has 0 aliphatic carbocycles. The Bertz CT molecular complexity index is 389. The van der Waals surface area contributed by atoms with E-state index in [4.69, 9.17) is 4.74 Å². The fourth-order valence-electron chi connectivity index (χ4n) is 2.72. The van der Waals surface area contributed by atoms with Crippen LogP contribution in [0.2, 0.25) is 0 Å². The smallest absolute Gasteiger partial charge is 0.0868 e. The molecule has 1 aliphatic heterocycles. The molecule has 2 atom stereocenters. The summed E-state index contributed by atoms with van der Waals surface area (Å²) in [4.78, 5) is 0. The van der Waals surface area contributed by atoms with Crippen molar-refractivity contribution < 1.29 is 4.74 Å². The van der Waals surface area contributed by atoms with Crippen molar-refractivity contribution in [2.45, 2.75) is 39.7 Å². The van der Waals surface area contributed by atoms with Gasteiger partial charge in [0.05, 0.1) is 6.10 Å². The second kappa shape index (κ2) is 6.35. The van der Waals surface area contributed by atoms with E-state index in [1.54, 1.807) is 0 Å². The van der Waals surface area contributed by atoms with Gasteiger partial charge in [0.25, 0.3) is 0 Å². The summed E-state index contributed by atoms with van der Waals surface area (Å²) >= 11 is 0. The highest BCUT2D eigenvalue weighted by Gasteiger charge is 2.30. The van der Waals surface area contributed by atoms with Gasteiger partial charge in [-0.3, -0.25) is 0 Å². The molecule has 0 amide bonds. The summed E-state index contributed by atoms with van der Waals surface area (Å²) in [5, 5.41) is 3.53. The van der Waals surface area contributed by atoms with E-state index in [0.717, 1.165) is 19.7 Å². The third-order valence-electron chi connectivity index (χ3n) is 3.79. The molecule has 1 N–H and O–H groups in total. The highest BCUT2D eigenvalue weighted by Crippen LogP contribution is 2.36. The largest absolute Gasteiger partial charge is 0.373 e. The third kappa shape index (κ3) is 3.12. The summed E-state index contributed by atoms with van der Waals surface area (Å²) in [6, 6.07) is 6.68. The molecule has 1 aromatic carbocycles. The van der Waals surface area contributed by atoms with Gasteiger partial charge in [-0.15, -0.1) is 0 Å². The molecule has 0 saturated carbocycles. The van der Waals surface area contributed by atoms with Crippen LogP contribution in [0.15, 0.2) is 18.2 Å². The average Bonchev–Trinajstić information content (AvgIpc) is 2.81. The van der Waals surface area contributed by atoms with E-state index < -0.39 is 0 Å². The lowest BCUT2D eigenvalue weighted by Crippen LogP contribution is -2.25. The van der Waals surface area contributed by atoms with Gasteiger partial charge in [-0.05, 0) is 44.4 Å². The number of aryl methyl sites for hydroxylation is 2. The number of nitrogens with one attached hydrogen (secondary N) is 1. The number of hydrogen-bond donors (Lipinski definition) is 1. The van der Waals surface area contributed by atoms with Crippen LogP contribution in [0.25, 0.3) is 0 Å². The van der Waals surface area contributed by atoms with Crippen LogP contribution in [0.4, 0.5) is 0 Å². The van der Waals surface area contributed by atoms with Gasteiger partial charge in [-0.1, -0.05) is 30.7 Å². The van der Waals surface area contributed by atoms with Gasteiger partial charge in [-0.25, -0.2) is 0 Å². The third-order valence-corrected chi connectivity index (χ3v) is 3.79. The minimum absolute atomic E-state index is 0.286. The van der Waals surface area contributed by atoms with E-state index in [0.29, 0.717) is 5.92 Å². The average molecular weight is 247 g/mol. The fourth-order valence-corrected chi connectivity index (χ4v) is 2.72. The Hall–Kier alpha value is -0.860. The Morgan fingerprint density at radius 2 is 2.17 bits per heavy atom.